The maximum atomic E-state index is 12.6. The molecule has 1 atom stereocenters. The third-order valence-corrected chi connectivity index (χ3v) is 6.39. The Bertz CT molecular complexity index is 1090. The lowest BCUT2D eigenvalue weighted by atomic mass is 10.1. The fraction of sp³-hybridized carbons (Fsp3) is 0.593. The lowest BCUT2D eigenvalue weighted by Crippen LogP contribution is -2.36. The first-order valence-corrected chi connectivity index (χ1v) is 12.8. The van der Waals surface area contributed by atoms with Crippen LogP contribution in [0.5, 0.6) is 0 Å². The Labute approximate surface area is 202 Å². The van der Waals surface area contributed by atoms with Crippen molar-refractivity contribution < 1.29 is 14.1 Å². The standard InChI is InChI=1S/C27H38N4O3/c1-5-6-7-8-9-10-16-30-18-15-20-13-14-21(19-23(20)30)24-28-25(34-29-24)22-12-11-17-31(22)26(32)33-27(2,3)4/h13-15,18-19,22H,5-12,16-17H2,1-4H3/t22-/m0/s1. The minimum absolute atomic E-state index is 0.239. The van der Waals surface area contributed by atoms with Gasteiger partial charge in [0.2, 0.25) is 11.7 Å². The second-order valence-electron chi connectivity index (χ2n) is 10.3. The molecule has 2 aromatic heterocycles. The van der Waals surface area contributed by atoms with Gasteiger partial charge in [0.05, 0.1) is 0 Å². The van der Waals surface area contributed by atoms with Gasteiger partial charge in [0.15, 0.2) is 0 Å². The summed E-state index contributed by atoms with van der Waals surface area (Å²) in [6.45, 7) is 9.53. The van der Waals surface area contributed by atoms with Crippen LogP contribution >= 0.6 is 0 Å². The molecule has 34 heavy (non-hydrogen) atoms. The number of rotatable bonds is 9. The highest BCUT2D eigenvalue weighted by molar-refractivity contribution is 5.84. The highest BCUT2D eigenvalue weighted by atomic mass is 16.6. The van der Waals surface area contributed by atoms with Gasteiger partial charge in [-0.15, -0.1) is 0 Å². The predicted molar refractivity (Wildman–Crippen MR) is 134 cm³/mol. The van der Waals surface area contributed by atoms with Crippen LogP contribution in [0.1, 0.15) is 91.0 Å². The van der Waals surface area contributed by atoms with Gasteiger partial charge >= 0.3 is 6.09 Å². The van der Waals surface area contributed by atoms with Crippen molar-refractivity contribution in [1.82, 2.24) is 19.6 Å². The highest BCUT2D eigenvalue weighted by Gasteiger charge is 2.36. The van der Waals surface area contributed by atoms with E-state index in [0.29, 0.717) is 18.3 Å². The second-order valence-corrected chi connectivity index (χ2v) is 10.3. The summed E-state index contributed by atoms with van der Waals surface area (Å²) in [5.74, 6) is 1.03. The van der Waals surface area contributed by atoms with Crippen LogP contribution in [-0.2, 0) is 11.3 Å². The lowest BCUT2D eigenvalue weighted by Gasteiger charge is -2.26. The first-order valence-electron chi connectivity index (χ1n) is 12.8. The van der Waals surface area contributed by atoms with Crippen molar-refractivity contribution in [3.05, 3.63) is 36.4 Å². The third-order valence-electron chi connectivity index (χ3n) is 6.39. The van der Waals surface area contributed by atoms with E-state index in [-0.39, 0.29) is 12.1 Å². The summed E-state index contributed by atoms with van der Waals surface area (Å²) < 4.78 is 13.5. The van der Waals surface area contributed by atoms with Crippen LogP contribution < -0.4 is 0 Å². The number of fused-ring (bicyclic) bond motifs is 1. The molecule has 7 nitrogen and oxygen atoms in total. The molecule has 0 N–H and O–H groups in total. The van der Waals surface area contributed by atoms with E-state index in [1.165, 1.54) is 49.4 Å². The topological polar surface area (TPSA) is 73.4 Å². The summed E-state index contributed by atoms with van der Waals surface area (Å²) in [5.41, 5.74) is 1.57. The van der Waals surface area contributed by atoms with Crippen molar-refractivity contribution in [2.24, 2.45) is 0 Å². The van der Waals surface area contributed by atoms with E-state index in [4.69, 9.17) is 9.26 Å². The Morgan fingerprint density at radius 2 is 1.94 bits per heavy atom. The van der Waals surface area contributed by atoms with Crippen LogP contribution in [0.4, 0.5) is 4.79 Å². The Balaban J connectivity index is 1.46. The van der Waals surface area contributed by atoms with Gasteiger partial charge in [0.1, 0.15) is 11.6 Å². The average molecular weight is 467 g/mol. The highest BCUT2D eigenvalue weighted by Crippen LogP contribution is 2.33. The van der Waals surface area contributed by atoms with Crippen LogP contribution in [0.3, 0.4) is 0 Å². The molecule has 0 unspecified atom stereocenters. The summed E-state index contributed by atoms with van der Waals surface area (Å²) in [6.07, 6.45) is 11.2. The zero-order valence-corrected chi connectivity index (χ0v) is 21.0. The Kier molecular flexibility index (Phi) is 7.59. The summed E-state index contributed by atoms with van der Waals surface area (Å²) in [5, 5.41) is 5.46. The summed E-state index contributed by atoms with van der Waals surface area (Å²) in [7, 11) is 0. The molecular formula is C27H38N4O3. The maximum Gasteiger partial charge on any atom is 0.410 e. The van der Waals surface area contributed by atoms with E-state index in [0.717, 1.165) is 24.9 Å². The van der Waals surface area contributed by atoms with Crippen molar-refractivity contribution in [1.29, 1.82) is 0 Å². The van der Waals surface area contributed by atoms with Crippen molar-refractivity contribution in [2.45, 2.75) is 97.2 Å². The van der Waals surface area contributed by atoms with Crippen LogP contribution in [0.25, 0.3) is 22.3 Å². The number of likely N-dealkylation sites (tertiary alicyclic amines) is 1. The minimum Gasteiger partial charge on any atom is -0.444 e. The SMILES string of the molecule is CCCCCCCCn1ccc2ccc(-c3noc([C@@H]4CCCN4C(=O)OC(C)(C)C)n3)cc21. The molecule has 4 rings (SSSR count). The first kappa shape index (κ1) is 24.3. The zero-order valence-electron chi connectivity index (χ0n) is 21.0. The molecule has 0 saturated carbocycles. The van der Waals surface area contributed by atoms with Crippen LogP contribution in [-0.4, -0.2) is 37.8 Å². The van der Waals surface area contributed by atoms with Gasteiger partial charge in [0.25, 0.3) is 0 Å². The summed E-state index contributed by atoms with van der Waals surface area (Å²) in [4.78, 5) is 19.0. The van der Waals surface area contributed by atoms with Gasteiger partial charge in [-0.3, -0.25) is 4.90 Å². The number of aryl methyl sites for hydroxylation is 1. The monoisotopic (exact) mass is 466 g/mol. The Morgan fingerprint density at radius 3 is 2.74 bits per heavy atom. The van der Waals surface area contributed by atoms with Crippen molar-refractivity contribution >= 4 is 17.0 Å². The van der Waals surface area contributed by atoms with Crippen molar-refractivity contribution in [3.63, 3.8) is 0 Å². The molecule has 3 heterocycles. The van der Waals surface area contributed by atoms with Gasteiger partial charge in [-0.05, 0) is 57.6 Å². The summed E-state index contributed by atoms with van der Waals surface area (Å²) >= 11 is 0. The van der Waals surface area contributed by atoms with Gasteiger partial charge in [-0.25, -0.2) is 4.79 Å². The molecule has 0 bridgehead atoms. The van der Waals surface area contributed by atoms with Crippen molar-refractivity contribution in [2.75, 3.05) is 6.54 Å². The lowest BCUT2D eigenvalue weighted by molar-refractivity contribution is 0.0199. The fourth-order valence-corrected chi connectivity index (χ4v) is 4.63. The first-order chi connectivity index (χ1) is 16.4. The smallest absolute Gasteiger partial charge is 0.410 e. The predicted octanol–water partition coefficient (Wildman–Crippen LogP) is 7.12. The molecule has 1 aromatic carbocycles. The zero-order chi connectivity index (χ0) is 24.1. The van der Waals surface area contributed by atoms with E-state index in [1.54, 1.807) is 4.90 Å². The molecule has 3 aromatic rings. The van der Waals surface area contributed by atoms with Crippen molar-refractivity contribution in [3.8, 4) is 11.4 Å². The minimum atomic E-state index is -0.538. The maximum absolute atomic E-state index is 12.6. The normalized spacial score (nSPS) is 16.5. The van der Waals surface area contributed by atoms with Gasteiger partial charge < -0.3 is 13.8 Å². The molecule has 1 aliphatic heterocycles. The fourth-order valence-electron chi connectivity index (χ4n) is 4.63. The van der Waals surface area contributed by atoms with E-state index < -0.39 is 5.60 Å². The molecule has 0 spiro atoms. The third kappa shape index (κ3) is 5.80. The Hall–Kier alpha value is -2.83. The number of carbonyl (C=O) groups is 1. The molecule has 1 amide bonds. The van der Waals surface area contributed by atoms with E-state index in [1.807, 2.05) is 26.8 Å². The van der Waals surface area contributed by atoms with E-state index >= 15 is 0 Å². The van der Waals surface area contributed by atoms with Crippen LogP contribution in [0.15, 0.2) is 35.0 Å². The number of hydrogen-bond donors (Lipinski definition) is 0. The number of aromatic nitrogens is 3. The quantitative estimate of drug-likeness (QED) is 0.314. The molecular weight excluding hydrogens is 428 g/mol. The molecule has 1 saturated heterocycles. The molecule has 7 heteroatoms. The number of benzene rings is 1. The number of nitrogens with zero attached hydrogens (tertiary/aromatic N) is 4. The van der Waals surface area contributed by atoms with Gasteiger partial charge in [-0.1, -0.05) is 56.3 Å². The Morgan fingerprint density at radius 1 is 1.15 bits per heavy atom. The van der Waals surface area contributed by atoms with E-state index in [9.17, 15) is 4.79 Å². The number of unbranched alkanes of at least 4 members (excludes halogenated alkanes) is 5. The van der Waals surface area contributed by atoms with Gasteiger partial charge in [-0.2, -0.15) is 4.98 Å². The van der Waals surface area contributed by atoms with Crippen LogP contribution in [0.2, 0.25) is 0 Å². The number of ether oxygens (including phenoxy) is 1. The number of carbonyl (C=O) groups excluding carboxylic acids is 1. The number of hydrogen-bond acceptors (Lipinski definition) is 5. The van der Waals surface area contributed by atoms with E-state index in [2.05, 4.69) is 46.0 Å². The molecule has 1 fully saturated rings. The molecule has 1 aliphatic rings. The average Bonchev–Trinajstić information content (AvgIpc) is 3.54. The second kappa shape index (κ2) is 10.6. The van der Waals surface area contributed by atoms with Gasteiger partial charge in [0, 0.05) is 30.4 Å². The number of amides is 1. The molecule has 0 aliphatic carbocycles. The summed E-state index contributed by atoms with van der Waals surface area (Å²) in [6, 6.07) is 8.21. The molecule has 184 valence electrons. The largest absolute Gasteiger partial charge is 0.444 e. The van der Waals surface area contributed by atoms with Crippen LogP contribution in [0, 0.1) is 0 Å². The molecule has 0 radical (unpaired) electrons.